The van der Waals surface area contributed by atoms with Gasteiger partial charge in [0.2, 0.25) is 0 Å². The van der Waals surface area contributed by atoms with Crippen LogP contribution in [0.5, 0.6) is 0 Å². The lowest BCUT2D eigenvalue weighted by Gasteiger charge is -2.38. The summed E-state index contributed by atoms with van der Waals surface area (Å²) in [5.41, 5.74) is 0. The summed E-state index contributed by atoms with van der Waals surface area (Å²) in [4.78, 5) is 1.97. The number of nitrogens with zero attached hydrogens (tertiary/aromatic N) is 1. The highest BCUT2D eigenvalue weighted by Gasteiger charge is 2.43. The first-order valence-corrected chi connectivity index (χ1v) is 8.03. The van der Waals surface area contributed by atoms with Crippen LogP contribution in [0.3, 0.4) is 0 Å². The molecule has 18 heavy (non-hydrogen) atoms. The van der Waals surface area contributed by atoms with Crippen molar-refractivity contribution in [3.8, 4) is 0 Å². The first kappa shape index (κ1) is 16.0. The van der Waals surface area contributed by atoms with E-state index in [4.69, 9.17) is 0 Å². The minimum Gasteiger partial charge on any atom is -0.300 e. The van der Waals surface area contributed by atoms with Gasteiger partial charge in [0.1, 0.15) is 0 Å². The van der Waals surface area contributed by atoms with Gasteiger partial charge in [0.15, 0.2) is 0 Å². The third-order valence-corrected chi connectivity index (χ3v) is 4.81. The third kappa shape index (κ3) is 4.53. The summed E-state index contributed by atoms with van der Waals surface area (Å²) in [5.74, 6) is -0.651. The molecule has 6 heteroatoms. The Kier molecular flexibility index (Phi) is 5.65. The smallest absolute Gasteiger partial charge is 0.300 e. The standard InChI is InChI=1S/C12H22F3NOS/c1-9(8-18(3)17)16(2)11-6-4-5-10(7-11)12(13,14)15/h9-11H,4-8H2,1-3H3. The summed E-state index contributed by atoms with van der Waals surface area (Å²) < 4.78 is 49.3. The van der Waals surface area contributed by atoms with E-state index in [1.54, 1.807) is 6.26 Å². The van der Waals surface area contributed by atoms with E-state index in [2.05, 4.69) is 0 Å². The maximum absolute atomic E-state index is 12.7. The molecule has 0 spiro atoms. The molecule has 0 aliphatic heterocycles. The van der Waals surface area contributed by atoms with Crippen molar-refractivity contribution in [2.24, 2.45) is 5.92 Å². The molecule has 4 atom stereocenters. The highest BCUT2D eigenvalue weighted by Crippen LogP contribution is 2.39. The van der Waals surface area contributed by atoms with Crippen molar-refractivity contribution < 1.29 is 17.4 Å². The average molecular weight is 285 g/mol. The molecule has 0 radical (unpaired) electrons. The van der Waals surface area contributed by atoms with E-state index in [1.807, 2.05) is 18.9 Å². The zero-order valence-electron chi connectivity index (χ0n) is 11.2. The first-order valence-electron chi connectivity index (χ1n) is 6.30. The van der Waals surface area contributed by atoms with E-state index >= 15 is 0 Å². The predicted octanol–water partition coefficient (Wildman–Crippen LogP) is 2.81. The van der Waals surface area contributed by atoms with Crippen LogP contribution < -0.4 is 0 Å². The largest absolute Gasteiger partial charge is 0.391 e. The molecule has 0 aromatic carbocycles. The molecule has 1 saturated carbocycles. The van der Waals surface area contributed by atoms with E-state index in [0.717, 1.165) is 6.42 Å². The van der Waals surface area contributed by atoms with E-state index in [-0.39, 0.29) is 24.9 Å². The quantitative estimate of drug-likeness (QED) is 0.791. The number of hydrogen-bond donors (Lipinski definition) is 0. The molecule has 4 unspecified atom stereocenters. The molecule has 0 saturated heterocycles. The van der Waals surface area contributed by atoms with Crippen molar-refractivity contribution in [3.05, 3.63) is 0 Å². The molecule has 0 amide bonds. The SMILES string of the molecule is CC(CS(C)=O)N(C)C1CCCC(C(F)(F)F)C1. The van der Waals surface area contributed by atoms with E-state index in [9.17, 15) is 17.4 Å². The van der Waals surface area contributed by atoms with Gasteiger partial charge >= 0.3 is 6.18 Å². The Labute approximate surface area is 109 Å². The molecule has 1 fully saturated rings. The van der Waals surface area contributed by atoms with Crippen LogP contribution in [0.4, 0.5) is 13.2 Å². The highest BCUT2D eigenvalue weighted by molar-refractivity contribution is 7.84. The minimum atomic E-state index is -4.07. The van der Waals surface area contributed by atoms with Crippen molar-refractivity contribution in [1.29, 1.82) is 0 Å². The number of alkyl halides is 3. The van der Waals surface area contributed by atoms with Crippen LogP contribution in [0.2, 0.25) is 0 Å². The molecule has 0 N–H and O–H groups in total. The van der Waals surface area contributed by atoms with E-state index in [1.165, 1.54) is 0 Å². The summed E-state index contributed by atoms with van der Waals surface area (Å²) in [6.07, 6.45) is -0.576. The molecule has 1 aliphatic rings. The zero-order valence-corrected chi connectivity index (χ0v) is 12.0. The summed E-state index contributed by atoms with van der Waals surface area (Å²) in [5, 5.41) is 0. The van der Waals surface area contributed by atoms with Gasteiger partial charge in [-0.25, -0.2) is 0 Å². The maximum atomic E-state index is 12.7. The molecular formula is C12H22F3NOS. The second kappa shape index (κ2) is 6.37. The first-order chi connectivity index (χ1) is 8.21. The van der Waals surface area contributed by atoms with Gasteiger partial charge in [-0.1, -0.05) is 6.42 Å². The van der Waals surface area contributed by atoms with Gasteiger partial charge in [-0.3, -0.25) is 9.11 Å². The lowest BCUT2D eigenvalue weighted by Crippen LogP contribution is -2.45. The number of hydrogen-bond acceptors (Lipinski definition) is 2. The summed E-state index contributed by atoms with van der Waals surface area (Å²) >= 11 is 0. The van der Waals surface area contributed by atoms with Crippen molar-refractivity contribution in [1.82, 2.24) is 4.90 Å². The van der Waals surface area contributed by atoms with Crippen molar-refractivity contribution in [2.45, 2.75) is 50.9 Å². The van der Waals surface area contributed by atoms with Crippen molar-refractivity contribution in [3.63, 3.8) is 0 Å². The molecule has 1 rings (SSSR count). The molecule has 0 heterocycles. The fourth-order valence-electron chi connectivity index (χ4n) is 2.65. The number of rotatable bonds is 4. The maximum Gasteiger partial charge on any atom is 0.391 e. The Bertz CT molecular complexity index is 296. The Balaban J connectivity index is 2.58. The van der Waals surface area contributed by atoms with Gasteiger partial charge in [-0.05, 0) is 33.2 Å². The Morgan fingerprint density at radius 2 is 2.00 bits per heavy atom. The van der Waals surface area contributed by atoms with E-state index in [0.29, 0.717) is 12.2 Å². The third-order valence-electron chi connectivity index (χ3n) is 3.86. The summed E-state index contributed by atoms with van der Waals surface area (Å²) in [6.45, 7) is 1.93. The summed E-state index contributed by atoms with van der Waals surface area (Å²) in [6, 6.07) is 0.0248. The van der Waals surface area contributed by atoms with E-state index < -0.39 is 22.9 Å². The van der Waals surface area contributed by atoms with Crippen LogP contribution in [-0.4, -0.2) is 46.4 Å². The highest BCUT2D eigenvalue weighted by atomic mass is 32.2. The minimum absolute atomic E-state index is 0.0380. The summed E-state index contributed by atoms with van der Waals surface area (Å²) in [7, 11) is 0.938. The van der Waals surface area contributed by atoms with Crippen LogP contribution in [0.1, 0.15) is 32.6 Å². The average Bonchev–Trinajstić information content (AvgIpc) is 2.26. The molecule has 0 aromatic heterocycles. The molecule has 1 aliphatic carbocycles. The van der Waals surface area contributed by atoms with Crippen LogP contribution in [0, 0.1) is 5.92 Å². The molecule has 2 nitrogen and oxygen atoms in total. The second-order valence-electron chi connectivity index (χ2n) is 5.31. The predicted molar refractivity (Wildman–Crippen MR) is 68.0 cm³/mol. The Morgan fingerprint density at radius 1 is 1.39 bits per heavy atom. The normalized spacial score (nSPS) is 29.3. The van der Waals surface area contributed by atoms with Crippen LogP contribution in [-0.2, 0) is 10.8 Å². The Morgan fingerprint density at radius 3 is 2.50 bits per heavy atom. The van der Waals surface area contributed by atoms with Crippen LogP contribution in [0.15, 0.2) is 0 Å². The van der Waals surface area contributed by atoms with Gasteiger partial charge < -0.3 is 0 Å². The molecule has 0 bridgehead atoms. The van der Waals surface area contributed by atoms with Gasteiger partial charge in [0, 0.05) is 34.9 Å². The van der Waals surface area contributed by atoms with Crippen LogP contribution in [0.25, 0.3) is 0 Å². The van der Waals surface area contributed by atoms with Crippen molar-refractivity contribution in [2.75, 3.05) is 19.1 Å². The van der Waals surface area contributed by atoms with Gasteiger partial charge in [0.05, 0.1) is 5.92 Å². The molecule has 108 valence electrons. The second-order valence-corrected chi connectivity index (χ2v) is 6.79. The number of halogens is 3. The molecule has 0 aromatic rings. The monoisotopic (exact) mass is 285 g/mol. The van der Waals surface area contributed by atoms with Gasteiger partial charge in [-0.15, -0.1) is 0 Å². The lowest BCUT2D eigenvalue weighted by atomic mass is 9.84. The Hall–Kier alpha value is -0.100. The fourth-order valence-corrected chi connectivity index (χ4v) is 3.56. The molecular weight excluding hydrogens is 263 g/mol. The zero-order chi connectivity index (χ0) is 13.9. The lowest BCUT2D eigenvalue weighted by molar-refractivity contribution is -0.186. The van der Waals surface area contributed by atoms with Gasteiger partial charge in [0.25, 0.3) is 0 Å². The van der Waals surface area contributed by atoms with Crippen molar-refractivity contribution >= 4 is 10.8 Å². The van der Waals surface area contributed by atoms with Gasteiger partial charge in [-0.2, -0.15) is 13.2 Å². The topological polar surface area (TPSA) is 20.3 Å². The van der Waals surface area contributed by atoms with Crippen LogP contribution >= 0.6 is 0 Å². The fraction of sp³-hybridized carbons (Fsp3) is 1.00.